The number of ether oxygens (including phenoxy) is 1. The van der Waals surface area contributed by atoms with Gasteiger partial charge < -0.3 is 15.8 Å². The van der Waals surface area contributed by atoms with E-state index >= 15 is 0 Å². The van der Waals surface area contributed by atoms with Gasteiger partial charge in [0.2, 0.25) is 0 Å². The lowest BCUT2D eigenvalue weighted by molar-refractivity contribution is 0.103. The van der Waals surface area contributed by atoms with E-state index in [4.69, 9.17) is 10.5 Å². The van der Waals surface area contributed by atoms with E-state index in [1.54, 1.807) is 7.11 Å². The van der Waals surface area contributed by atoms with E-state index in [1.165, 1.54) is 16.9 Å². The maximum Gasteiger partial charge on any atom is 0.267 e. The highest BCUT2D eigenvalue weighted by molar-refractivity contribution is 7.21. The van der Waals surface area contributed by atoms with Gasteiger partial charge in [-0.3, -0.25) is 4.79 Å². The number of nitrogens with two attached hydrogens (primary N) is 1. The molecule has 0 aliphatic carbocycles. The zero-order chi connectivity index (χ0) is 18.8. The molecule has 0 aliphatic rings. The monoisotopic (exact) mass is 369 g/mol. The minimum Gasteiger partial charge on any atom is -0.397 e. The molecule has 0 radical (unpaired) electrons. The molecule has 6 heteroatoms. The first-order chi connectivity index (χ1) is 12.4. The smallest absolute Gasteiger partial charge is 0.267 e. The van der Waals surface area contributed by atoms with E-state index in [0.717, 1.165) is 27.2 Å². The van der Waals surface area contributed by atoms with E-state index in [1.807, 2.05) is 37.3 Å². The van der Waals surface area contributed by atoms with E-state index in [0.29, 0.717) is 23.1 Å². The van der Waals surface area contributed by atoms with Gasteiger partial charge in [-0.1, -0.05) is 26.0 Å². The number of nitrogen functional groups attached to an aromatic ring is 1. The molecule has 2 heterocycles. The van der Waals surface area contributed by atoms with Gasteiger partial charge in [-0.2, -0.15) is 0 Å². The van der Waals surface area contributed by atoms with Crippen LogP contribution >= 0.6 is 11.3 Å². The van der Waals surface area contributed by atoms with Crippen LogP contribution in [0.1, 0.15) is 46.3 Å². The first kappa shape index (κ1) is 18.4. The van der Waals surface area contributed by atoms with E-state index in [-0.39, 0.29) is 5.91 Å². The van der Waals surface area contributed by atoms with Gasteiger partial charge in [-0.15, -0.1) is 11.3 Å². The second-order valence-corrected chi connectivity index (χ2v) is 7.61. The molecule has 3 aromatic rings. The molecule has 0 bridgehead atoms. The average Bonchev–Trinajstić information content (AvgIpc) is 2.92. The highest BCUT2D eigenvalue weighted by Gasteiger charge is 2.20. The van der Waals surface area contributed by atoms with Crippen LogP contribution < -0.4 is 11.1 Å². The van der Waals surface area contributed by atoms with E-state index < -0.39 is 0 Å². The zero-order valence-electron chi connectivity index (χ0n) is 15.4. The number of benzene rings is 1. The third-order valence-corrected chi connectivity index (χ3v) is 5.35. The van der Waals surface area contributed by atoms with Gasteiger partial charge in [-0.25, -0.2) is 4.98 Å². The Morgan fingerprint density at radius 1 is 1.31 bits per heavy atom. The number of methoxy groups -OCH3 is 1. The summed E-state index contributed by atoms with van der Waals surface area (Å²) in [5.74, 6) is 0.232. The highest BCUT2D eigenvalue weighted by atomic mass is 32.1. The Bertz CT molecular complexity index is 946. The van der Waals surface area contributed by atoms with Crippen molar-refractivity contribution in [2.24, 2.45) is 0 Å². The molecule has 1 aromatic carbocycles. The number of fused-ring (bicyclic) bond motifs is 1. The van der Waals surface area contributed by atoms with Gasteiger partial charge in [0.25, 0.3) is 5.91 Å². The molecule has 0 unspecified atom stereocenters. The topological polar surface area (TPSA) is 77.2 Å². The quantitative estimate of drug-likeness (QED) is 0.683. The number of aromatic nitrogens is 1. The molecule has 5 nitrogen and oxygen atoms in total. The van der Waals surface area contributed by atoms with Crippen LogP contribution in [0.5, 0.6) is 0 Å². The maximum atomic E-state index is 12.7. The fourth-order valence-corrected chi connectivity index (χ4v) is 4.00. The third-order valence-electron chi connectivity index (χ3n) is 4.25. The fraction of sp³-hybridized carbons (Fsp3) is 0.300. The van der Waals surface area contributed by atoms with Crippen molar-refractivity contribution in [1.82, 2.24) is 4.98 Å². The van der Waals surface area contributed by atoms with Gasteiger partial charge in [-0.05, 0) is 42.2 Å². The highest BCUT2D eigenvalue weighted by Crippen LogP contribution is 2.36. The second-order valence-electron chi connectivity index (χ2n) is 6.61. The van der Waals surface area contributed by atoms with Gasteiger partial charge in [0.05, 0.1) is 12.3 Å². The summed E-state index contributed by atoms with van der Waals surface area (Å²) < 4.78 is 5.26. The van der Waals surface area contributed by atoms with Crippen LogP contribution in [0.3, 0.4) is 0 Å². The van der Waals surface area contributed by atoms with Gasteiger partial charge in [0, 0.05) is 23.9 Å². The van der Waals surface area contributed by atoms with Crippen LogP contribution in [-0.2, 0) is 11.3 Å². The molecule has 0 spiro atoms. The first-order valence-electron chi connectivity index (χ1n) is 8.49. The van der Waals surface area contributed by atoms with Crippen LogP contribution in [0.4, 0.5) is 11.4 Å². The molecule has 0 atom stereocenters. The number of carbonyl (C=O) groups excluding carboxylic acids is 1. The molecule has 2 aromatic heterocycles. The molecule has 0 saturated heterocycles. The van der Waals surface area contributed by atoms with Crippen molar-refractivity contribution in [3.05, 3.63) is 52.0 Å². The van der Waals surface area contributed by atoms with Crippen molar-refractivity contribution in [2.45, 2.75) is 33.3 Å². The molecule has 3 rings (SSSR count). The van der Waals surface area contributed by atoms with Crippen molar-refractivity contribution in [3.63, 3.8) is 0 Å². The molecule has 3 N–H and O–H groups in total. The predicted molar refractivity (Wildman–Crippen MR) is 108 cm³/mol. The molecular weight excluding hydrogens is 346 g/mol. The second kappa shape index (κ2) is 7.43. The standard InChI is InChI=1S/C20H23N3O2S/c1-11(2)13-5-7-15(8-6-13)23-19(24)18-17(21)16-14(10-25-4)9-12(3)22-20(16)26-18/h5-9,11H,10,21H2,1-4H3,(H,23,24). The average molecular weight is 369 g/mol. The summed E-state index contributed by atoms with van der Waals surface area (Å²) >= 11 is 1.31. The number of pyridine rings is 1. The van der Waals surface area contributed by atoms with Gasteiger partial charge in [0.15, 0.2) is 0 Å². The lowest BCUT2D eigenvalue weighted by atomic mass is 10.0. The molecule has 136 valence electrons. The van der Waals surface area contributed by atoms with Crippen molar-refractivity contribution in [2.75, 3.05) is 18.2 Å². The van der Waals surface area contributed by atoms with Crippen molar-refractivity contribution in [1.29, 1.82) is 0 Å². The number of anilines is 2. The zero-order valence-corrected chi connectivity index (χ0v) is 16.2. The summed E-state index contributed by atoms with van der Waals surface area (Å²) in [6.45, 7) is 6.62. The Labute approximate surface area is 157 Å². The van der Waals surface area contributed by atoms with Crippen LogP contribution in [-0.4, -0.2) is 18.0 Å². The number of rotatable bonds is 5. The maximum absolute atomic E-state index is 12.7. The lowest BCUT2D eigenvalue weighted by Crippen LogP contribution is -2.12. The normalized spacial score (nSPS) is 11.3. The summed E-state index contributed by atoms with van der Waals surface area (Å²) in [6.07, 6.45) is 0. The minimum atomic E-state index is -0.219. The Balaban J connectivity index is 1.93. The number of hydrogen-bond acceptors (Lipinski definition) is 5. The van der Waals surface area contributed by atoms with Crippen molar-refractivity contribution >= 4 is 38.8 Å². The summed E-state index contributed by atoms with van der Waals surface area (Å²) in [5.41, 5.74) is 10.6. The summed E-state index contributed by atoms with van der Waals surface area (Å²) in [6, 6.07) is 9.82. The molecule has 26 heavy (non-hydrogen) atoms. The van der Waals surface area contributed by atoms with E-state index in [2.05, 4.69) is 24.1 Å². The van der Waals surface area contributed by atoms with Crippen LogP contribution in [0.2, 0.25) is 0 Å². The molecule has 1 amide bonds. The minimum absolute atomic E-state index is 0.219. The summed E-state index contributed by atoms with van der Waals surface area (Å²) in [4.78, 5) is 18.5. The number of nitrogens with one attached hydrogen (secondary N) is 1. The van der Waals surface area contributed by atoms with Crippen molar-refractivity contribution < 1.29 is 9.53 Å². The Morgan fingerprint density at radius 2 is 2.00 bits per heavy atom. The number of aryl methyl sites for hydroxylation is 1. The SMILES string of the molecule is COCc1cc(C)nc2sc(C(=O)Nc3ccc(C(C)C)cc3)c(N)c12. The number of amides is 1. The summed E-state index contributed by atoms with van der Waals surface area (Å²) in [5, 5.41) is 3.73. The third kappa shape index (κ3) is 3.57. The fourth-order valence-electron chi connectivity index (χ4n) is 2.91. The lowest BCUT2D eigenvalue weighted by Gasteiger charge is -2.08. The molecular formula is C20H23N3O2S. The summed E-state index contributed by atoms with van der Waals surface area (Å²) in [7, 11) is 1.64. The van der Waals surface area contributed by atoms with Crippen LogP contribution in [0.25, 0.3) is 10.2 Å². The van der Waals surface area contributed by atoms with Gasteiger partial charge in [0.1, 0.15) is 9.71 Å². The number of hydrogen-bond donors (Lipinski definition) is 2. The number of nitrogens with zero attached hydrogens (tertiary/aromatic N) is 1. The number of thiophene rings is 1. The molecule has 0 aliphatic heterocycles. The Kier molecular flexibility index (Phi) is 5.25. The Morgan fingerprint density at radius 3 is 2.62 bits per heavy atom. The largest absolute Gasteiger partial charge is 0.397 e. The Hall–Kier alpha value is -2.44. The van der Waals surface area contributed by atoms with Crippen molar-refractivity contribution in [3.8, 4) is 0 Å². The van der Waals surface area contributed by atoms with Crippen LogP contribution in [0.15, 0.2) is 30.3 Å². The number of carbonyl (C=O) groups is 1. The van der Waals surface area contributed by atoms with Crippen LogP contribution in [0, 0.1) is 6.92 Å². The van der Waals surface area contributed by atoms with Gasteiger partial charge >= 0.3 is 0 Å². The molecule has 0 saturated carbocycles. The van der Waals surface area contributed by atoms with E-state index in [9.17, 15) is 4.79 Å². The predicted octanol–water partition coefficient (Wildman–Crippen LogP) is 4.71. The first-order valence-corrected chi connectivity index (χ1v) is 9.31. The molecule has 0 fully saturated rings.